The number of carbonyl (C=O) groups is 1. The Bertz CT molecular complexity index is 1070. The summed E-state index contributed by atoms with van der Waals surface area (Å²) in [4.78, 5) is 22.8. The molecule has 0 aliphatic rings. The van der Waals surface area contributed by atoms with E-state index < -0.39 is 10.8 Å². The number of benzene rings is 3. The summed E-state index contributed by atoms with van der Waals surface area (Å²) in [7, 11) is 0. The Morgan fingerprint density at radius 1 is 1.10 bits per heavy atom. The normalized spacial score (nSPS) is 10.7. The third-order valence-corrected chi connectivity index (χ3v) is 4.42. The molecule has 0 spiro atoms. The predicted molar refractivity (Wildman–Crippen MR) is 116 cm³/mol. The third kappa shape index (κ3) is 5.29. The molecule has 0 heterocycles. The maximum atomic E-state index is 12.1. The van der Waals surface area contributed by atoms with Gasteiger partial charge in [0, 0.05) is 22.8 Å². The molecule has 0 saturated carbocycles. The van der Waals surface area contributed by atoms with Gasteiger partial charge in [-0.25, -0.2) is 5.43 Å². The number of nitro benzene ring substituents is 1. The fourth-order valence-electron chi connectivity index (χ4n) is 2.93. The van der Waals surface area contributed by atoms with Gasteiger partial charge < -0.3 is 4.74 Å². The molecule has 7 heteroatoms. The Morgan fingerprint density at radius 2 is 1.83 bits per heavy atom. The number of ether oxygens (including phenoxy) is 1. The van der Waals surface area contributed by atoms with Gasteiger partial charge in [0.1, 0.15) is 5.75 Å². The first-order valence-electron chi connectivity index (χ1n) is 9.45. The smallest absolute Gasteiger partial charge is 0.277 e. The lowest BCUT2D eigenvalue weighted by Crippen LogP contribution is -2.24. The maximum absolute atomic E-state index is 12.1. The second kappa shape index (κ2) is 9.97. The quantitative estimate of drug-likeness (QED) is 0.344. The van der Waals surface area contributed by atoms with E-state index in [-0.39, 0.29) is 12.3 Å². The molecule has 0 fully saturated rings. The molecular formula is C23H21N3O4. The lowest BCUT2D eigenvalue weighted by molar-refractivity contribution is -0.385. The van der Waals surface area contributed by atoms with Gasteiger partial charge in [0.05, 0.1) is 11.1 Å². The van der Waals surface area contributed by atoms with Crippen LogP contribution in [0.15, 0.2) is 77.9 Å². The van der Waals surface area contributed by atoms with Crippen LogP contribution in [0.25, 0.3) is 11.1 Å². The molecule has 0 saturated heterocycles. The molecule has 0 aromatic heterocycles. The number of nitrogens with zero attached hydrogens (tertiary/aromatic N) is 2. The number of para-hydroxylation sites is 1. The van der Waals surface area contributed by atoms with Crippen molar-refractivity contribution >= 4 is 17.8 Å². The molecule has 3 aromatic carbocycles. The van der Waals surface area contributed by atoms with E-state index in [0.717, 1.165) is 11.1 Å². The molecule has 1 N–H and O–H groups in total. The summed E-state index contributed by atoms with van der Waals surface area (Å²) in [5, 5.41) is 15.0. The lowest BCUT2D eigenvalue weighted by atomic mass is 10.1. The van der Waals surface area contributed by atoms with E-state index >= 15 is 0 Å². The largest absolute Gasteiger partial charge is 0.483 e. The molecule has 3 rings (SSSR count). The molecule has 0 aliphatic carbocycles. The van der Waals surface area contributed by atoms with Crippen LogP contribution < -0.4 is 10.2 Å². The van der Waals surface area contributed by atoms with E-state index in [4.69, 9.17) is 4.74 Å². The zero-order chi connectivity index (χ0) is 21.3. The molecular weight excluding hydrogens is 382 g/mol. The van der Waals surface area contributed by atoms with Crippen molar-refractivity contribution in [1.82, 2.24) is 5.43 Å². The molecule has 30 heavy (non-hydrogen) atoms. The van der Waals surface area contributed by atoms with Crippen LogP contribution in [0.4, 0.5) is 5.69 Å². The lowest BCUT2D eigenvalue weighted by Gasteiger charge is -2.10. The van der Waals surface area contributed by atoms with Crippen LogP contribution in [0.1, 0.15) is 18.1 Å². The Labute approximate surface area is 174 Å². The zero-order valence-electron chi connectivity index (χ0n) is 16.4. The minimum absolute atomic E-state index is 0.0358. The average Bonchev–Trinajstić information content (AvgIpc) is 2.78. The van der Waals surface area contributed by atoms with Gasteiger partial charge in [0.25, 0.3) is 11.6 Å². The number of nitro groups is 1. The highest BCUT2D eigenvalue weighted by molar-refractivity contribution is 5.84. The summed E-state index contributed by atoms with van der Waals surface area (Å²) >= 11 is 0. The number of aryl methyl sites for hydroxylation is 1. The second-order valence-corrected chi connectivity index (χ2v) is 6.44. The van der Waals surface area contributed by atoms with Gasteiger partial charge in [-0.05, 0) is 18.1 Å². The number of carbonyl (C=O) groups excluding carboxylic acids is 1. The predicted octanol–water partition coefficient (Wildman–Crippen LogP) is 4.35. The van der Waals surface area contributed by atoms with Crippen molar-refractivity contribution in [1.29, 1.82) is 0 Å². The molecule has 7 nitrogen and oxygen atoms in total. The monoisotopic (exact) mass is 403 g/mol. The minimum atomic E-state index is -0.436. The van der Waals surface area contributed by atoms with Crippen LogP contribution in [0.3, 0.4) is 0 Å². The first kappa shape index (κ1) is 20.7. The number of hydrogen-bond acceptors (Lipinski definition) is 5. The van der Waals surface area contributed by atoms with E-state index in [1.165, 1.54) is 12.3 Å². The van der Waals surface area contributed by atoms with Crippen molar-refractivity contribution in [3.63, 3.8) is 0 Å². The van der Waals surface area contributed by atoms with Crippen LogP contribution >= 0.6 is 0 Å². The first-order chi connectivity index (χ1) is 14.6. The SMILES string of the molecule is CCc1ccc(/C=N\NC(=O)COc2ccccc2-c2ccccc2)cc1[N+](=O)[O-]. The van der Waals surface area contributed by atoms with Crippen molar-refractivity contribution in [2.45, 2.75) is 13.3 Å². The fraction of sp³-hybridized carbons (Fsp3) is 0.130. The second-order valence-electron chi connectivity index (χ2n) is 6.44. The van der Waals surface area contributed by atoms with Gasteiger partial charge >= 0.3 is 0 Å². The summed E-state index contributed by atoms with van der Waals surface area (Å²) in [6.07, 6.45) is 1.93. The van der Waals surface area contributed by atoms with Gasteiger partial charge in [-0.2, -0.15) is 5.10 Å². The zero-order valence-corrected chi connectivity index (χ0v) is 16.4. The average molecular weight is 403 g/mol. The van der Waals surface area contributed by atoms with Crippen molar-refractivity contribution in [3.05, 3.63) is 94.0 Å². The molecule has 0 radical (unpaired) electrons. The molecule has 0 unspecified atom stereocenters. The number of hydrogen-bond donors (Lipinski definition) is 1. The van der Waals surface area contributed by atoms with Gasteiger partial charge in [0.15, 0.2) is 6.61 Å². The van der Waals surface area contributed by atoms with Crippen molar-refractivity contribution in [2.75, 3.05) is 6.61 Å². The fourth-order valence-corrected chi connectivity index (χ4v) is 2.93. The first-order valence-corrected chi connectivity index (χ1v) is 9.45. The Kier molecular flexibility index (Phi) is 6.89. The molecule has 1 amide bonds. The van der Waals surface area contributed by atoms with Gasteiger partial charge in [-0.3, -0.25) is 14.9 Å². The molecule has 0 atom stereocenters. The summed E-state index contributed by atoms with van der Waals surface area (Å²) < 4.78 is 5.66. The number of rotatable bonds is 8. The molecule has 0 bridgehead atoms. The Hall–Kier alpha value is -4.00. The number of amides is 1. The van der Waals surface area contributed by atoms with Crippen LogP contribution in [-0.2, 0) is 11.2 Å². The van der Waals surface area contributed by atoms with Crippen LogP contribution in [0.5, 0.6) is 5.75 Å². The van der Waals surface area contributed by atoms with E-state index in [1.54, 1.807) is 18.2 Å². The summed E-state index contributed by atoms with van der Waals surface area (Å²) in [6, 6.07) is 22.0. The minimum Gasteiger partial charge on any atom is -0.483 e. The maximum Gasteiger partial charge on any atom is 0.277 e. The topological polar surface area (TPSA) is 93.8 Å². The van der Waals surface area contributed by atoms with Crippen LogP contribution in [-0.4, -0.2) is 23.7 Å². The van der Waals surface area contributed by atoms with E-state index in [2.05, 4.69) is 10.5 Å². The van der Waals surface area contributed by atoms with E-state index in [9.17, 15) is 14.9 Å². The molecule has 3 aromatic rings. The molecule has 0 aliphatic heterocycles. The van der Waals surface area contributed by atoms with Crippen LogP contribution in [0, 0.1) is 10.1 Å². The highest BCUT2D eigenvalue weighted by atomic mass is 16.6. The van der Waals surface area contributed by atoms with Crippen molar-refractivity contribution < 1.29 is 14.5 Å². The standard InChI is InChI=1S/C23H21N3O4/c1-2-18-13-12-17(14-21(18)26(28)29)15-24-25-23(27)16-30-22-11-7-6-10-20(22)19-8-4-3-5-9-19/h3-15H,2,16H2,1H3,(H,25,27)/b24-15-. The van der Waals surface area contributed by atoms with Gasteiger partial charge in [-0.1, -0.05) is 67.6 Å². The summed E-state index contributed by atoms with van der Waals surface area (Å²) in [6.45, 7) is 1.64. The highest BCUT2D eigenvalue weighted by Crippen LogP contribution is 2.29. The Balaban J connectivity index is 1.60. The third-order valence-electron chi connectivity index (χ3n) is 4.42. The number of nitrogens with one attached hydrogen (secondary N) is 1. The number of hydrazone groups is 1. The highest BCUT2D eigenvalue weighted by Gasteiger charge is 2.12. The van der Waals surface area contributed by atoms with Crippen molar-refractivity contribution in [3.8, 4) is 16.9 Å². The van der Waals surface area contributed by atoms with Gasteiger partial charge in [0.2, 0.25) is 0 Å². The molecule has 152 valence electrons. The summed E-state index contributed by atoms with van der Waals surface area (Å²) in [5.74, 6) is 0.155. The van der Waals surface area contributed by atoms with E-state index in [1.807, 2.05) is 55.5 Å². The summed E-state index contributed by atoms with van der Waals surface area (Å²) in [5.41, 5.74) is 5.45. The van der Waals surface area contributed by atoms with Crippen molar-refractivity contribution in [2.24, 2.45) is 5.10 Å². The van der Waals surface area contributed by atoms with E-state index in [0.29, 0.717) is 23.3 Å². The Morgan fingerprint density at radius 3 is 2.57 bits per heavy atom. The van der Waals surface area contributed by atoms with Gasteiger partial charge in [-0.15, -0.1) is 0 Å². The van der Waals surface area contributed by atoms with Crippen LogP contribution in [0.2, 0.25) is 0 Å².